The van der Waals surface area contributed by atoms with Crippen molar-refractivity contribution in [3.63, 3.8) is 0 Å². The third-order valence-electron chi connectivity index (χ3n) is 7.03. The number of benzene rings is 1. The summed E-state index contributed by atoms with van der Waals surface area (Å²) >= 11 is 6.53. The number of aliphatic hydroxyl groups excluding tert-OH is 1. The minimum Gasteiger partial charge on any atom is -0.389 e. The van der Waals surface area contributed by atoms with E-state index in [1.807, 2.05) is 26.0 Å². The number of halogens is 1. The Hall–Kier alpha value is -4.13. The van der Waals surface area contributed by atoms with E-state index < -0.39 is 6.10 Å². The molecule has 1 atom stereocenters. The lowest BCUT2D eigenvalue weighted by atomic mass is 10.1. The highest BCUT2D eigenvalue weighted by atomic mass is 35.5. The summed E-state index contributed by atoms with van der Waals surface area (Å²) in [6.45, 7) is 4.39. The van der Waals surface area contributed by atoms with Crippen LogP contribution in [0.25, 0.3) is 28.0 Å². The van der Waals surface area contributed by atoms with Crippen molar-refractivity contribution in [3.05, 3.63) is 64.7 Å². The molecule has 4 heterocycles. The first-order valence-corrected chi connectivity index (χ1v) is 13.3. The largest absolute Gasteiger partial charge is 0.389 e. The van der Waals surface area contributed by atoms with Crippen molar-refractivity contribution in [2.24, 2.45) is 0 Å². The summed E-state index contributed by atoms with van der Waals surface area (Å²) < 4.78 is 8.40. The number of aryl methyl sites for hydroxylation is 1. The van der Waals surface area contributed by atoms with Crippen molar-refractivity contribution in [3.8, 4) is 22.5 Å². The van der Waals surface area contributed by atoms with E-state index in [4.69, 9.17) is 16.3 Å². The standard InChI is InChI=1S/C27H28ClN9O3/c1-15-8-23(28)24(10-20(15)26-32-34-37(33-26)18-4-5-18)31-27(39)22-12-29-35-7-6-17(9-25(22)35)21-11-30-36(16(21)2)13-19(38)14-40-3/h6-12,18-19,38H,4-5,13-14H2,1-3H3,(H,31,39). The Morgan fingerprint density at radius 2 is 2.02 bits per heavy atom. The van der Waals surface area contributed by atoms with Gasteiger partial charge in [-0.05, 0) is 67.3 Å². The Kier molecular flexibility index (Phi) is 6.82. The Labute approximate surface area is 234 Å². The van der Waals surface area contributed by atoms with Crippen molar-refractivity contribution >= 4 is 28.7 Å². The number of carbonyl (C=O) groups excluding carboxylic acids is 1. The van der Waals surface area contributed by atoms with Gasteiger partial charge in [-0.25, -0.2) is 4.52 Å². The van der Waals surface area contributed by atoms with Gasteiger partial charge in [0.15, 0.2) is 0 Å². The third kappa shape index (κ3) is 4.96. The third-order valence-corrected chi connectivity index (χ3v) is 7.34. The quantitative estimate of drug-likeness (QED) is 0.278. The van der Waals surface area contributed by atoms with Gasteiger partial charge in [0.05, 0.1) is 59.5 Å². The molecule has 0 aliphatic heterocycles. The lowest BCUT2D eigenvalue weighted by molar-refractivity contribution is 0.0510. The number of tetrazole rings is 1. The van der Waals surface area contributed by atoms with Crippen LogP contribution in [0.4, 0.5) is 5.69 Å². The van der Waals surface area contributed by atoms with Crippen LogP contribution in [0.15, 0.2) is 42.9 Å². The molecule has 0 spiro atoms. The molecule has 0 bridgehead atoms. The molecule has 1 aliphatic rings. The Bertz CT molecular complexity index is 1720. The normalized spacial score (nSPS) is 14.1. The number of hydrogen-bond acceptors (Lipinski definition) is 8. The molecular weight excluding hydrogens is 534 g/mol. The summed E-state index contributed by atoms with van der Waals surface area (Å²) in [5.74, 6) is 0.136. The number of methoxy groups -OCH3 is 1. The van der Waals surface area contributed by atoms with E-state index in [0.717, 1.165) is 40.8 Å². The van der Waals surface area contributed by atoms with Crippen molar-refractivity contribution in [1.82, 2.24) is 39.6 Å². The van der Waals surface area contributed by atoms with Gasteiger partial charge in [0.1, 0.15) is 0 Å². The number of nitrogens with zero attached hydrogens (tertiary/aromatic N) is 8. The molecule has 40 heavy (non-hydrogen) atoms. The summed E-state index contributed by atoms with van der Waals surface area (Å²) in [5, 5.41) is 35.1. The summed E-state index contributed by atoms with van der Waals surface area (Å²) in [4.78, 5) is 15.1. The number of pyridine rings is 1. The summed E-state index contributed by atoms with van der Waals surface area (Å²) in [5.41, 5.74) is 5.72. The first kappa shape index (κ1) is 26.1. The smallest absolute Gasteiger partial charge is 0.259 e. The highest BCUT2D eigenvalue weighted by Gasteiger charge is 2.27. The van der Waals surface area contributed by atoms with E-state index >= 15 is 0 Å². The van der Waals surface area contributed by atoms with Crippen LogP contribution in [0.1, 0.15) is 40.5 Å². The number of rotatable bonds is 9. The first-order chi connectivity index (χ1) is 19.3. The van der Waals surface area contributed by atoms with Gasteiger partial charge in [0, 0.05) is 30.1 Å². The summed E-state index contributed by atoms with van der Waals surface area (Å²) in [6, 6.07) is 7.67. The van der Waals surface area contributed by atoms with Crippen LogP contribution in [0.3, 0.4) is 0 Å². The highest BCUT2D eigenvalue weighted by molar-refractivity contribution is 6.34. The number of amides is 1. The Balaban J connectivity index is 1.27. The molecule has 1 aliphatic carbocycles. The molecule has 5 aromatic rings. The maximum absolute atomic E-state index is 13.5. The zero-order valence-electron chi connectivity index (χ0n) is 22.2. The monoisotopic (exact) mass is 561 g/mol. The van der Waals surface area contributed by atoms with E-state index in [0.29, 0.717) is 40.2 Å². The summed E-state index contributed by atoms with van der Waals surface area (Å²) in [6.07, 6.45) is 6.51. The fourth-order valence-electron chi connectivity index (χ4n) is 4.67. The van der Waals surface area contributed by atoms with Crippen molar-refractivity contribution in [1.29, 1.82) is 0 Å². The molecule has 2 N–H and O–H groups in total. The van der Waals surface area contributed by atoms with Crippen LogP contribution in [0, 0.1) is 13.8 Å². The predicted molar refractivity (Wildman–Crippen MR) is 148 cm³/mol. The number of fused-ring (bicyclic) bond motifs is 1. The average Bonchev–Trinajstić information content (AvgIpc) is 3.33. The van der Waals surface area contributed by atoms with Gasteiger partial charge in [0.2, 0.25) is 5.82 Å². The molecule has 13 heteroatoms. The lowest BCUT2D eigenvalue weighted by Gasteiger charge is -2.11. The van der Waals surface area contributed by atoms with E-state index in [9.17, 15) is 9.90 Å². The minimum atomic E-state index is -0.667. The van der Waals surface area contributed by atoms with Gasteiger partial charge in [-0.3, -0.25) is 9.48 Å². The van der Waals surface area contributed by atoms with Crippen LogP contribution >= 0.6 is 11.6 Å². The minimum absolute atomic E-state index is 0.221. The van der Waals surface area contributed by atoms with E-state index in [-0.39, 0.29) is 12.5 Å². The van der Waals surface area contributed by atoms with Crippen LogP contribution < -0.4 is 5.32 Å². The fourth-order valence-corrected chi connectivity index (χ4v) is 4.94. The Morgan fingerprint density at radius 1 is 1.20 bits per heavy atom. The molecule has 12 nitrogen and oxygen atoms in total. The average molecular weight is 562 g/mol. The molecule has 6 rings (SSSR count). The van der Waals surface area contributed by atoms with E-state index in [1.165, 1.54) is 6.20 Å². The van der Waals surface area contributed by atoms with Crippen LogP contribution in [0.5, 0.6) is 0 Å². The molecule has 1 saturated carbocycles. The SMILES string of the molecule is COCC(O)Cn1ncc(-c2ccn3ncc(C(=O)Nc4cc(-c5nnn(C6CC6)n5)c(C)cc4Cl)c3c2)c1C. The van der Waals surface area contributed by atoms with Gasteiger partial charge < -0.3 is 15.2 Å². The van der Waals surface area contributed by atoms with Crippen molar-refractivity contribution in [2.75, 3.05) is 19.0 Å². The second-order valence-electron chi connectivity index (χ2n) is 10.0. The molecule has 1 aromatic carbocycles. The molecule has 1 fully saturated rings. The fraction of sp³-hybridized carbons (Fsp3) is 0.333. The molecule has 206 valence electrons. The number of hydrogen-bond donors (Lipinski definition) is 2. The van der Waals surface area contributed by atoms with Crippen molar-refractivity contribution < 1.29 is 14.6 Å². The van der Waals surface area contributed by atoms with E-state index in [2.05, 4.69) is 30.9 Å². The summed E-state index contributed by atoms with van der Waals surface area (Å²) in [7, 11) is 1.55. The van der Waals surface area contributed by atoms with Gasteiger partial charge in [0.25, 0.3) is 5.91 Å². The van der Waals surface area contributed by atoms with Gasteiger partial charge in [-0.2, -0.15) is 15.0 Å². The second-order valence-corrected chi connectivity index (χ2v) is 10.4. The van der Waals surface area contributed by atoms with Gasteiger partial charge in [-0.15, -0.1) is 10.2 Å². The number of nitrogens with one attached hydrogen (secondary N) is 1. The number of aliphatic hydroxyl groups is 1. The number of ether oxygens (including phenoxy) is 1. The van der Waals surface area contributed by atoms with Crippen LogP contribution in [0.2, 0.25) is 5.02 Å². The molecule has 0 radical (unpaired) electrons. The van der Waals surface area contributed by atoms with Crippen LogP contribution in [-0.4, -0.2) is 70.4 Å². The van der Waals surface area contributed by atoms with Gasteiger partial charge >= 0.3 is 0 Å². The van der Waals surface area contributed by atoms with Crippen molar-refractivity contribution in [2.45, 2.75) is 45.4 Å². The molecular formula is C27H28ClN9O3. The van der Waals surface area contributed by atoms with Gasteiger partial charge in [-0.1, -0.05) is 11.6 Å². The molecule has 1 amide bonds. The Morgan fingerprint density at radius 3 is 2.80 bits per heavy atom. The molecule has 0 saturated heterocycles. The first-order valence-electron chi connectivity index (χ1n) is 12.9. The maximum atomic E-state index is 13.5. The molecule has 4 aromatic heterocycles. The zero-order chi connectivity index (χ0) is 28.0. The zero-order valence-corrected chi connectivity index (χ0v) is 23.0. The number of aromatic nitrogens is 8. The number of anilines is 1. The predicted octanol–water partition coefficient (Wildman–Crippen LogP) is 3.72. The lowest BCUT2D eigenvalue weighted by Crippen LogP contribution is -2.22. The topological polar surface area (TPSA) is 137 Å². The molecule has 1 unspecified atom stereocenters. The number of carbonyl (C=O) groups is 1. The highest BCUT2D eigenvalue weighted by Crippen LogP contribution is 2.35. The second kappa shape index (κ2) is 10.5. The van der Waals surface area contributed by atoms with E-state index in [1.54, 1.807) is 45.6 Å². The maximum Gasteiger partial charge on any atom is 0.259 e. The van der Waals surface area contributed by atoms with Crippen LogP contribution in [-0.2, 0) is 11.3 Å².